The van der Waals surface area contributed by atoms with Crippen molar-refractivity contribution in [2.75, 3.05) is 5.75 Å². The van der Waals surface area contributed by atoms with E-state index < -0.39 is 9.84 Å². The lowest BCUT2D eigenvalue weighted by Gasteiger charge is -2.26. The van der Waals surface area contributed by atoms with Crippen LogP contribution in [0.3, 0.4) is 0 Å². The molecule has 5 heteroatoms. The first-order valence-corrected chi connectivity index (χ1v) is 8.82. The molecule has 0 amide bonds. The SMILES string of the molecule is O=S1(=O)CCC(NCc2ccsc2)c2ccccc21. The topological polar surface area (TPSA) is 46.2 Å². The van der Waals surface area contributed by atoms with Gasteiger partial charge in [-0.2, -0.15) is 11.3 Å². The lowest BCUT2D eigenvalue weighted by atomic mass is 10.0. The van der Waals surface area contributed by atoms with Crippen LogP contribution in [0.2, 0.25) is 0 Å². The normalized spacial score (nSPS) is 20.9. The van der Waals surface area contributed by atoms with Crippen LogP contribution < -0.4 is 5.32 Å². The highest BCUT2D eigenvalue weighted by Crippen LogP contribution is 2.32. The van der Waals surface area contributed by atoms with Crippen LogP contribution in [0.15, 0.2) is 46.0 Å². The zero-order chi connectivity index (χ0) is 13.3. The summed E-state index contributed by atoms with van der Waals surface area (Å²) >= 11 is 1.68. The molecule has 0 fully saturated rings. The van der Waals surface area contributed by atoms with Crippen LogP contribution in [0.25, 0.3) is 0 Å². The molecule has 3 rings (SSSR count). The van der Waals surface area contributed by atoms with Crippen molar-refractivity contribution in [2.24, 2.45) is 0 Å². The monoisotopic (exact) mass is 293 g/mol. The summed E-state index contributed by atoms with van der Waals surface area (Å²) in [5.74, 6) is 0.227. The van der Waals surface area contributed by atoms with Crippen LogP contribution >= 0.6 is 11.3 Å². The summed E-state index contributed by atoms with van der Waals surface area (Å²) in [7, 11) is -3.09. The van der Waals surface area contributed by atoms with Gasteiger partial charge in [-0.25, -0.2) is 8.42 Å². The molecule has 0 saturated heterocycles. The molecule has 1 aliphatic rings. The van der Waals surface area contributed by atoms with Crippen LogP contribution in [-0.4, -0.2) is 14.2 Å². The zero-order valence-corrected chi connectivity index (χ0v) is 12.0. The van der Waals surface area contributed by atoms with Gasteiger partial charge in [0.2, 0.25) is 0 Å². The molecule has 1 unspecified atom stereocenters. The van der Waals surface area contributed by atoms with E-state index in [4.69, 9.17) is 0 Å². The molecular weight excluding hydrogens is 278 g/mol. The van der Waals surface area contributed by atoms with E-state index >= 15 is 0 Å². The second kappa shape index (κ2) is 5.07. The molecule has 2 heterocycles. The van der Waals surface area contributed by atoms with E-state index in [1.807, 2.05) is 12.1 Å². The minimum Gasteiger partial charge on any atom is -0.306 e. The van der Waals surface area contributed by atoms with E-state index in [1.165, 1.54) is 5.56 Å². The fourth-order valence-electron chi connectivity index (χ4n) is 2.44. The first-order valence-electron chi connectivity index (χ1n) is 6.23. The number of sulfone groups is 1. The fourth-order valence-corrected chi connectivity index (χ4v) is 4.73. The summed E-state index contributed by atoms with van der Waals surface area (Å²) < 4.78 is 24.1. The van der Waals surface area contributed by atoms with Gasteiger partial charge in [-0.3, -0.25) is 0 Å². The number of nitrogens with one attached hydrogen (secondary N) is 1. The van der Waals surface area contributed by atoms with Crippen molar-refractivity contribution in [3.05, 3.63) is 52.2 Å². The number of rotatable bonds is 3. The third-order valence-electron chi connectivity index (χ3n) is 3.44. The van der Waals surface area contributed by atoms with E-state index in [1.54, 1.807) is 23.5 Å². The predicted octanol–water partition coefficient (Wildman–Crippen LogP) is 2.76. The van der Waals surface area contributed by atoms with Crippen molar-refractivity contribution in [3.63, 3.8) is 0 Å². The number of thiophene rings is 1. The fraction of sp³-hybridized carbons (Fsp3) is 0.286. The zero-order valence-electron chi connectivity index (χ0n) is 10.4. The summed E-state index contributed by atoms with van der Waals surface area (Å²) in [6.07, 6.45) is 0.642. The first-order chi connectivity index (χ1) is 9.17. The summed E-state index contributed by atoms with van der Waals surface area (Å²) in [5, 5.41) is 7.62. The molecule has 1 aliphatic heterocycles. The standard InChI is InChI=1S/C14H15NO2S2/c16-19(17)8-6-13(12-3-1-2-4-14(12)19)15-9-11-5-7-18-10-11/h1-5,7,10,13,15H,6,8-9H2. The van der Waals surface area contributed by atoms with Gasteiger partial charge >= 0.3 is 0 Å². The van der Waals surface area contributed by atoms with Gasteiger partial charge in [0.1, 0.15) is 0 Å². The average molecular weight is 293 g/mol. The minimum atomic E-state index is -3.09. The highest BCUT2D eigenvalue weighted by Gasteiger charge is 2.29. The molecule has 0 aliphatic carbocycles. The van der Waals surface area contributed by atoms with Crippen molar-refractivity contribution >= 4 is 21.2 Å². The minimum absolute atomic E-state index is 0.125. The Bertz CT molecular complexity index is 663. The number of benzene rings is 1. The van der Waals surface area contributed by atoms with Gasteiger partial charge in [-0.05, 0) is 40.4 Å². The Morgan fingerprint density at radius 3 is 2.89 bits per heavy atom. The van der Waals surface area contributed by atoms with E-state index in [2.05, 4.69) is 22.1 Å². The van der Waals surface area contributed by atoms with Gasteiger partial charge in [0.15, 0.2) is 9.84 Å². The lowest BCUT2D eigenvalue weighted by molar-refractivity contribution is 0.492. The highest BCUT2D eigenvalue weighted by molar-refractivity contribution is 7.91. The molecule has 0 spiro atoms. The van der Waals surface area contributed by atoms with Gasteiger partial charge in [0.25, 0.3) is 0 Å². The third kappa shape index (κ3) is 2.59. The summed E-state index contributed by atoms with van der Waals surface area (Å²) in [6, 6.07) is 9.53. The summed E-state index contributed by atoms with van der Waals surface area (Å²) in [5.41, 5.74) is 2.15. The third-order valence-corrected chi connectivity index (χ3v) is 5.98. The van der Waals surface area contributed by atoms with Crippen molar-refractivity contribution in [1.82, 2.24) is 5.32 Å². The molecule has 0 saturated carbocycles. The second-order valence-electron chi connectivity index (χ2n) is 4.71. The van der Waals surface area contributed by atoms with E-state index in [-0.39, 0.29) is 11.8 Å². The van der Waals surface area contributed by atoms with Gasteiger partial charge in [-0.15, -0.1) is 0 Å². The molecular formula is C14H15NO2S2. The van der Waals surface area contributed by atoms with Crippen LogP contribution in [0, 0.1) is 0 Å². The molecule has 1 atom stereocenters. The Labute approximate surface area is 117 Å². The number of hydrogen-bond donors (Lipinski definition) is 1. The van der Waals surface area contributed by atoms with E-state index in [0.29, 0.717) is 11.3 Å². The maximum atomic E-state index is 12.0. The predicted molar refractivity (Wildman–Crippen MR) is 77.0 cm³/mol. The van der Waals surface area contributed by atoms with Crippen molar-refractivity contribution in [1.29, 1.82) is 0 Å². The summed E-state index contributed by atoms with van der Waals surface area (Å²) in [6.45, 7) is 0.780. The largest absolute Gasteiger partial charge is 0.306 e. The molecule has 1 aromatic heterocycles. The first kappa shape index (κ1) is 12.8. The van der Waals surface area contributed by atoms with Crippen LogP contribution in [-0.2, 0) is 16.4 Å². The molecule has 100 valence electrons. The number of fused-ring (bicyclic) bond motifs is 1. The molecule has 0 radical (unpaired) electrons. The quantitative estimate of drug-likeness (QED) is 0.946. The number of hydrogen-bond acceptors (Lipinski definition) is 4. The van der Waals surface area contributed by atoms with Crippen molar-refractivity contribution in [3.8, 4) is 0 Å². The van der Waals surface area contributed by atoms with Crippen LogP contribution in [0.1, 0.15) is 23.6 Å². The lowest BCUT2D eigenvalue weighted by Crippen LogP contribution is -2.29. The Hall–Kier alpha value is -1.17. The summed E-state index contributed by atoms with van der Waals surface area (Å²) in [4.78, 5) is 0.490. The molecule has 2 aromatic rings. The van der Waals surface area contributed by atoms with Crippen LogP contribution in [0.4, 0.5) is 0 Å². The smallest absolute Gasteiger partial charge is 0.178 e. The molecule has 3 nitrogen and oxygen atoms in total. The highest BCUT2D eigenvalue weighted by atomic mass is 32.2. The molecule has 1 aromatic carbocycles. The van der Waals surface area contributed by atoms with Crippen molar-refractivity contribution < 1.29 is 8.42 Å². The average Bonchev–Trinajstić information content (AvgIpc) is 2.91. The van der Waals surface area contributed by atoms with Gasteiger partial charge < -0.3 is 5.32 Å². The van der Waals surface area contributed by atoms with Gasteiger partial charge in [0.05, 0.1) is 10.6 Å². The maximum Gasteiger partial charge on any atom is 0.178 e. The van der Waals surface area contributed by atoms with E-state index in [9.17, 15) is 8.42 Å². The molecule has 1 N–H and O–H groups in total. The Balaban J connectivity index is 1.84. The van der Waals surface area contributed by atoms with Gasteiger partial charge in [0, 0.05) is 12.6 Å². The van der Waals surface area contributed by atoms with Gasteiger partial charge in [-0.1, -0.05) is 18.2 Å². The molecule has 0 bridgehead atoms. The maximum absolute atomic E-state index is 12.0. The Morgan fingerprint density at radius 1 is 1.26 bits per heavy atom. The second-order valence-corrected chi connectivity index (χ2v) is 7.57. The molecule has 19 heavy (non-hydrogen) atoms. The van der Waals surface area contributed by atoms with Crippen LogP contribution in [0.5, 0.6) is 0 Å². The van der Waals surface area contributed by atoms with E-state index in [0.717, 1.165) is 12.1 Å². The van der Waals surface area contributed by atoms with Crippen molar-refractivity contribution in [2.45, 2.75) is 23.9 Å². The Kier molecular flexibility index (Phi) is 3.43. The Morgan fingerprint density at radius 2 is 2.11 bits per heavy atom.